The van der Waals surface area contributed by atoms with Crippen LogP contribution in [0.15, 0.2) is 6.20 Å². The standard InChI is InChI=1S/C15H25N5O/c1-19(2)13-12(10-16-15(18-13)20(3)4)17-14(21)11-8-6-5-7-9-11/h10-11H,5-9H2,1-4H3,(H,17,21). The van der Waals surface area contributed by atoms with E-state index in [0.29, 0.717) is 11.6 Å². The Labute approximate surface area is 126 Å². The van der Waals surface area contributed by atoms with Crippen LogP contribution < -0.4 is 15.1 Å². The summed E-state index contributed by atoms with van der Waals surface area (Å²) in [5, 5.41) is 3.00. The Kier molecular flexibility index (Phi) is 4.98. The molecule has 21 heavy (non-hydrogen) atoms. The molecule has 0 unspecified atom stereocenters. The Morgan fingerprint density at radius 3 is 2.38 bits per heavy atom. The van der Waals surface area contributed by atoms with E-state index in [1.54, 1.807) is 6.20 Å². The highest BCUT2D eigenvalue weighted by Gasteiger charge is 2.22. The molecule has 0 atom stereocenters. The van der Waals surface area contributed by atoms with Crippen LogP contribution in [0.25, 0.3) is 0 Å². The molecule has 1 aromatic rings. The van der Waals surface area contributed by atoms with Crippen LogP contribution in [-0.4, -0.2) is 44.1 Å². The van der Waals surface area contributed by atoms with Crippen molar-refractivity contribution >= 4 is 23.4 Å². The van der Waals surface area contributed by atoms with Gasteiger partial charge in [-0.25, -0.2) is 4.98 Å². The minimum Gasteiger partial charge on any atom is -0.361 e. The first-order valence-corrected chi connectivity index (χ1v) is 7.51. The van der Waals surface area contributed by atoms with E-state index in [-0.39, 0.29) is 11.8 Å². The Morgan fingerprint density at radius 1 is 1.14 bits per heavy atom. The first-order chi connectivity index (χ1) is 9.99. The highest BCUT2D eigenvalue weighted by Crippen LogP contribution is 2.27. The molecule has 1 aliphatic rings. The molecule has 6 heteroatoms. The lowest BCUT2D eigenvalue weighted by molar-refractivity contribution is -0.120. The molecule has 116 valence electrons. The second kappa shape index (κ2) is 6.74. The van der Waals surface area contributed by atoms with E-state index in [0.717, 1.165) is 31.5 Å². The number of anilines is 3. The average Bonchev–Trinajstić information content (AvgIpc) is 2.48. The maximum atomic E-state index is 12.4. The maximum Gasteiger partial charge on any atom is 0.227 e. The summed E-state index contributed by atoms with van der Waals surface area (Å²) in [5.41, 5.74) is 0.682. The molecule has 2 rings (SSSR count). The number of aromatic nitrogens is 2. The van der Waals surface area contributed by atoms with Crippen molar-refractivity contribution in [3.63, 3.8) is 0 Å². The summed E-state index contributed by atoms with van der Waals surface area (Å²) in [4.78, 5) is 24.9. The highest BCUT2D eigenvalue weighted by molar-refractivity contribution is 5.95. The number of hydrogen-bond donors (Lipinski definition) is 1. The fourth-order valence-electron chi connectivity index (χ4n) is 2.61. The van der Waals surface area contributed by atoms with Crippen molar-refractivity contribution in [1.29, 1.82) is 0 Å². The molecule has 1 heterocycles. The van der Waals surface area contributed by atoms with Crippen LogP contribution in [0.3, 0.4) is 0 Å². The van der Waals surface area contributed by atoms with Crippen LogP contribution in [0.5, 0.6) is 0 Å². The smallest absolute Gasteiger partial charge is 0.227 e. The zero-order valence-electron chi connectivity index (χ0n) is 13.4. The summed E-state index contributed by atoms with van der Waals surface area (Å²) < 4.78 is 0. The number of amides is 1. The lowest BCUT2D eigenvalue weighted by Crippen LogP contribution is -2.26. The second-order valence-corrected chi connectivity index (χ2v) is 6.02. The molecule has 1 aromatic heterocycles. The number of rotatable bonds is 4. The van der Waals surface area contributed by atoms with Crippen molar-refractivity contribution in [2.45, 2.75) is 32.1 Å². The Bertz CT molecular complexity index is 495. The number of nitrogens with one attached hydrogen (secondary N) is 1. The van der Waals surface area contributed by atoms with E-state index in [2.05, 4.69) is 15.3 Å². The molecular formula is C15H25N5O. The Morgan fingerprint density at radius 2 is 1.81 bits per heavy atom. The van der Waals surface area contributed by atoms with Gasteiger partial charge in [-0.05, 0) is 12.8 Å². The Balaban J connectivity index is 2.16. The molecular weight excluding hydrogens is 266 g/mol. The lowest BCUT2D eigenvalue weighted by atomic mass is 9.88. The van der Waals surface area contributed by atoms with Crippen molar-refractivity contribution in [2.75, 3.05) is 43.3 Å². The molecule has 1 aliphatic carbocycles. The van der Waals surface area contributed by atoms with Crippen molar-refractivity contribution in [3.05, 3.63) is 6.20 Å². The summed E-state index contributed by atoms with van der Waals surface area (Å²) >= 11 is 0. The van der Waals surface area contributed by atoms with E-state index in [1.165, 1.54) is 6.42 Å². The molecule has 0 bridgehead atoms. The van der Waals surface area contributed by atoms with Crippen LogP contribution >= 0.6 is 0 Å². The third kappa shape index (κ3) is 3.83. The fraction of sp³-hybridized carbons (Fsp3) is 0.667. The quantitative estimate of drug-likeness (QED) is 0.921. The zero-order chi connectivity index (χ0) is 15.4. The first kappa shape index (κ1) is 15.5. The van der Waals surface area contributed by atoms with Gasteiger partial charge < -0.3 is 15.1 Å². The van der Waals surface area contributed by atoms with Crippen LogP contribution in [0.4, 0.5) is 17.5 Å². The highest BCUT2D eigenvalue weighted by atomic mass is 16.1. The molecule has 0 aromatic carbocycles. The summed E-state index contributed by atoms with van der Waals surface area (Å²) in [6, 6.07) is 0. The topological polar surface area (TPSA) is 61.4 Å². The molecule has 1 N–H and O–H groups in total. The average molecular weight is 291 g/mol. The summed E-state index contributed by atoms with van der Waals surface area (Å²) in [7, 11) is 7.63. The minimum atomic E-state index is 0.0963. The fourth-order valence-corrected chi connectivity index (χ4v) is 2.61. The minimum absolute atomic E-state index is 0.0963. The third-order valence-electron chi connectivity index (χ3n) is 3.81. The van der Waals surface area contributed by atoms with E-state index >= 15 is 0 Å². The lowest BCUT2D eigenvalue weighted by Gasteiger charge is -2.23. The molecule has 1 fully saturated rings. The predicted molar refractivity (Wildman–Crippen MR) is 85.9 cm³/mol. The molecule has 0 aliphatic heterocycles. The van der Waals surface area contributed by atoms with E-state index in [9.17, 15) is 4.79 Å². The van der Waals surface area contributed by atoms with Gasteiger partial charge in [0.1, 0.15) is 5.69 Å². The molecule has 0 saturated heterocycles. The number of carbonyl (C=O) groups is 1. The molecule has 1 saturated carbocycles. The van der Waals surface area contributed by atoms with Gasteiger partial charge >= 0.3 is 0 Å². The first-order valence-electron chi connectivity index (χ1n) is 7.51. The van der Waals surface area contributed by atoms with Crippen LogP contribution in [-0.2, 0) is 4.79 Å². The van der Waals surface area contributed by atoms with Gasteiger partial charge in [0.25, 0.3) is 0 Å². The number of nitrogens with zero attached hydrogens (tertiary/aromatic N) is 4. The Hall–Kier alpha value is -1.85. The van der Waals surface area contributed by atoms with E-state index < -0.39 is 0 Å². The van der Waals surface area contributed by atoms with Crippen molar-refractivity contribution in [1.82, 2.24) is 9.97 Å². The summed E-state index contributed by atoms with van der Waals surface area (Å²) in [6.07, 6.45) is 7.20. The van der Waals surface area contributed by atoms with Crippen molar-refractivity contribution in [3.8, 4) is 0 Å². The normalized spacial score (nSPS) is 15.6. The van der Waals surface area contributed by atoms with Gasteiger partial charge in [0.2, 0.25) is 11.9 Å². The zero-order valence-corrected chi connectivity index (χ0v) is 13.4. The summed E-state index contributed by atoms with van der Waals surface area (Å²) in [6.45, 7) is 0. The number of carbonyl (C=O) groups excluding carboxylic acids is 1. The predicted octanol–water partition coefficient (Wildman–Crippen LogP) is 2.13. The van der Waals surface area contributed by atoms with Crippen LogP contribution in [0, 0.1) is 5.92 Å². The van der Waals surface area contributed by atoms with Gasteiger partial charge in [-0.2, -0.15) is 4.98 Å². The van der Waals surface area contributed by atoms with Gasteiger partial charge in [-0.15, -0.1) is 0 Å². The van der Waals surface area contributed by atoms with Gasteiger partial charge in [0, 0.05) is 34.1 Å². The van der Waals surface area contributed by atoms with Gasteiger partial charge in [-0.1, -0.05) is 19.3 Å². The monoisotopic (exact) mass is 291 g/mol. The number of hydrogen-bond acceptors (Lipinski definition) is 5. The van der Waals surface area contributed by atoms with E-state index in [4.69, 9.17) is 0 Å². The maximum absolute atomic E-state index is 12.4. The molecule has 1 amide bonds. The largest absolute Gasteiger partial charge is 0.361 e. The SMILES string of the molecule is CN(C)c1ncc(NC(=O)C2CCCCC2)c(N(C)C)n1. The van der Waals surface area contributed by atoms with E-state index in [1.807, 2.05) is 38.0 Å². The van der Waals surface area contributed by atoms with Crippen molar-refractivity contribution < 1.29 is 4.79 Å². The molecule has 0 radical (unpaired) electrons. The second-order valence-electron chi connectivity index (χ2n) is 6.02. The van der Waals surface area contributed by atoms with Crippen molar-refractivity contribution in [2.24, 2.45) is 5.92 Å². The van der Waals surface area contributed by atoms with Crippen LogP contribution in [0.2, 0.25) is 0 Å². The van der Waals surface area contributed by atoms with Gasteiger partial charge in [0.05, 0.1) is 6.20 Å². The van der Waals surface area contributed by atoms with Gasteiger partial charge in [-0.3, -0.25) is 4.79 Å². The van der Waals surface area contributed by atoms with Gasteiger partial charge in [0.15, 0.2) is 5.82 Å². The third-order valence-corrected chi connectivity index (χ3v) is 3.81. The summed E-state index contributed by atoms with van der Waals surface area (Å²) in [5.74, 6) is 1.59. The van der Waals surface area contributed by atoms with Crippen LogP contribution in [0.1, 0.15) is 32.1 Å². The molecule has 0 spiro atoms. The molecule has 6 nitrogen and oxygen atoms in total.